The molecular formula is C14H15N3O2. The number of carbonyl (C=O) groups excluding carboxylic acids is 1. The van der Waals surface area contributed by atoms with E-state index in [2.05, 4.69) is 10.3 Å². The molecule has 0 bridgehead atoms. The van der Waals surface area contributed by atoms with E-state index in [1.165, 1.54) is 7.11 Å². The van der Waals surface area contributed by atoms with Crippen molar-refractivity contribution in [2.75, 3.05) is 18.2 Å². The van der Waals surface area contributed by atoms with Crippen LogP contribution in [0.25, 0.3) is 0 Å². The third kappa shape index (κ3) is 2.82. The molecule has 0 aliphatic rings. The molecule has 0 saturated carbocycles. The molecule has 1 amide bonds. The number of hydrogen-bond acceptors (Lipinski definition) is 4. The Kier molecular flexibility index (Phi) is 3.66. The Morgan fingerprint density at radius 3 is 2.84 bits per heavy atom. The van der Waals surface area contributed by atoms with Gasteiger partial charge in [-0.25, -0.2) is 4.98 Å². The van der Waals surface area contributed by atoms with Crippen LogP contribution in [0.5, 0.6) is 5.75 Å². The number of pyridine rings is 1. The lowest BCUT2D eigenvalue weighted by Gasteiger charge is -2.10. The van der Waals surface area contributed by atoms with E-state index in [1.807, 2.05) is 19.1 Å². The number of benzene rings is 1. The van der Waals surface area contributed by atoms with E-state index in [0.29, 0.717) is 22.8 Å². The van der Waals surface area contributed by atoms with Gasteiger partial charge in [0.25, 0.3) is 5.91 Å². The summed E-state index contributed by atoms with van der Waals surface area (Å²) < 4.78 is 5.08. The first-order chi connectivity index (χ1) is 9.11. The summed E-state index contributed by atoms with van der Waals surface area (Å²) in [6, 6.07) is 8.63. The van der Waals surface area contributed by atoms with Crippen LogP contribution in [0.4, 0.5) is 11.5 Å². The minimum Gasteiger partial charge on any atom is -0.497 e. The van der Waals surface area contributed by atoms with Crippen LogP contribution in [0, 0.1) is 6.92 Å². The van der Waals surface area contributed by atoms with Gasteiger partial charge in [0.2, 0.25) is 0 Å². The third-order valence-corrected chi connectivity index (χ3v) is 2.75. The summed E-state index contributed by atoms with van der Waals surface area (Å²) in [6.07, 6.45) is 1.62. The van der Waals surface area contributed by atoms with Crippen molar-refractivity contribution in [3.8, 4) is 5.75 Å². The number of aryl methyl sites for hydroxylation is 1. The standard InChI is InChI=1S/C14H15N3O2/c1-9-4-3-7-16-13(9)17-14(18)11-8-10(19-2)5-6-12(11)15/h3-8H,15H2,1-2H3,(H,16,17,18). The molecule has 0 saturated heterocycles. The van der Waals surface area contributed by atoms with Gasteiger partial charge in [0.1, 0.15) is 11.6 Å². The van der Waals surface area contributed by atoms with Crippen molar-refractivity contribution in [2.24, 2.45) is 0 Å². The summed E-state index contributed by atoms with van der Waals surface area (Å²) in [7, 11) is 1.54. The molecule has 5 nitrogen and oxygen atoms in total. The Bertz CT molecular complexity index is 611. The second-order valence-electron chi connectivity index (χ2n) is 4.08. The molecule has 0 unspecified atom stereocenters. The molecule has 1 aromatic carbocycles. The van der Waals surface area contributed by atoms with Gasteiger partial charge in [-0.15, -0.1) is 0 Å². The van der Waals surface area contributed by atoms with E-state index in [1.54, 1.807) is 24.4 Å². The maximum atomic E-state index is 12.2. The molecule has 0 aliphatic heterocycles. The zero-order valence-corrected chi connectivity index (χ0v) is 10.8. The highest BCUT2D eigenvalue weighted by molar-refractivity contribution is 6.07. The van der Waals surface area contributed by atoms with Gasteiger partial charge in [-0.1, -0.05) is 6.07 Å². The molecule has 3 N–H and O–H groups in total. The molecule has 2 rings (SSSR count). The highest BCUT2D eigenvalue weighted by Gasteiger charge is 2.12. The lowest BCUT2D eigenvalue weighted by molar-refractivity contribution is 0.102. The fourth-order valence-corrected chi connectivity index (χ4v) is 1.65. The van der Waals surface area contributed by atoms with Gasteiger partial charge in [0.15, 0.2) is 0 Å². The van der Waals surface area contributed by atoms with Crippen LogP contribution in [-0.2, 0) is 0 Å². The lowest BCUT2D eigenvalue weighted by atomic mass is 10.1. The second-order valence-corrected chi connectivity index (χ2v) is 4.08. The van der Waals surface area contributed by atoms with E-state index in [-0.39, 0.29) is 5.91 Å². The second kappa shape index (κ2) is 5.39. The predicted octanol–water partition coefficient (Wildman–Crippen LogP) is 2.23. The van der Waals surface area contributed by atoms with Crippen LogP contribution in [0.1, 0.15) is 15.9 Å². The number of carbonyl (C=O) groups is 1. The number of aromatic nitrogens is 1. The highest BCUT2D eigenvalue weighted by atomic mass is 16.5. The summed E-state index contributed by atoms with van der Waals surface area (Å²) in [6.45, 7) is 1.87. The van der Waals surface area contributed by atoms with Gasteiger partial charge < -0.3 is 15.8 Å². The molecule has 98 valence electrons. The molecule has 0 radical (unpaired) electrons. The number of nitrogens with zero attached hydrogens (tertiary/aromatic N) is 1. The van der Waals surface area contributed by atoms with Gasteiger partial charge >= 0.3 is 0 Å². The molecule has 2 aromatic rings. The van der Waals surface area contributed by atoms with Gasteiger partial charge in [-0.2, -0.15) is 0 Å². The number of hydrogen-bond donors (Lipinski definition) is 2. The fraction of sp³-hybridized carbons (Fsp3) is 0.143. The van der Waals surface area contributed by atoms with Gasteiger partial charge in [-0.05, 0) is 36.8 Å². The Morgan fingerprint density at radius 2 is 2.16 bits per heavy atom. The Hall–Kier alpha value is -2.56. The average Bonchev–Trinajstić information content (AvgIpc) is 2.42. The third-order valence-electron chi connectivity index (χ3n) is 2.75. The smallest absolute Gasteiger partial charge is 0.259 e. The largest absolute Gasteiger partial charge is 0.497 e. The summed E-state index contributed by atoms with van der Waals surface area (Å²) in [5.41, 5.74) is 7.45. The quantitative estimate of drug-likeness (QED) is 0.827. The Balaban J connectivity index is 2.28. The first-order valence-electron chi connectivity index (χ1n) is 5.78. The van der Waals surface area contributed by atoms with Gasteiger partial charge in [0, 0.05) is 11.9 Å². The van der Waals surface area contributed by atoms with Crippen LogP contribution in [0.3, 0.4) is 0 Å². The number of rotatable bonds is 3. The van der Waals surface area contributed by atoms with E-state index in [0.717, 1.165) is 5.56 Å². The number of methoxy groups -OCH3 is 1. The fourth-order valence-electron chi connectivity index (χ4n) is 1.65. The average molecular weight is 257 g/mol. The highest BCUT2D eigenvalue weighted by Crippen LogP contribution is 2.21. The van der Waals surface area contributed by atoms with Crippen molar-refractivity contribution in [3.05, 3.63) is 47.7 Å². The van der Waals surface area contributed by atoms with Crippen molar-refractivity contribution in [1.29, 1.82) is 0 Å². The number of nitrogen functional groups attached to an aromatic ring is 1. The van der Waals surface area contributed by atoms with Crippen LogP contribution in [0.2, 0.25) is 0 Å². The van der Waals surface area contributed by atoms with Crippen LogP contribution in [0.15, 0.2) is 36.5 Å². The van der Waals surface area contributed by atoms with Gasteiger partial charge in [0.05, 0.1) is 12.7 Å². The van der Waals surface area contributed by atoms with Crippen molar-refractivity contribution in [2.45, 2.75) is 6.92 Å². The lowest BCUT2D eigenvalue weighted by Crippen LogP contribution is -2.15. The summed E-state index contributed by atoms with van der Waals surface area (Å²) in [5.74, 6) is 0.796. The predicted molar refractivity (Wildman–Crippen MR) is 74.3 cm³/mol. The van der Waals surface area contributed by atoms with Crippen LogP contribution in [-0.4, -0.2) is 18.0 Å². The topological polar surface area (TPSA) is 77.2 Å². The molecule has 0 fully saturated rings. The van der Waals surface area contributed by atoms with E-state index < -0.39 is 0 Å². The molecule has 0 aliphatic carbocycles. The molecule has 0 spiro atoms. The van der Waals surface area contributed by atoms with Crippen molar-refractivity contribution < 1.29 is 9.53 Å². The Morgan fingerprint density at radius 1 is 1.37 bits per heavy atom. The zero-order chi connectivity index (χ0) is 13.8. The van der Waals surface area contributed by atoms with Crippen molar-refractivity contribution in [1.82, 2.24) is 4.98 Å². The summed E-state index contributed by atoms with van der Waals surface area (Å²) in [5, 5.41) is 2.73. The molecule has 0 atom stereocenters. The first kappa shape index (κ1) is 12.9. The number of amides is 1. The monoisotopic (exact) mass is 257 g/mol. The van der Waals surface area contributed by atoms with E-state index >= 15 is 0 Å². The summed E-state index contributed by atoms with van der Waals surface area (Å²) in [4.78, 5) is 16.3. The normalized spacial score (nSPS) is 10.0. The number of nitrogens with two attached hydrogens (primary N) is 1. The first-order valence-corrected chi connectivity index (χ1v) is 5.78. The number of nitrogens with one attached hydrogen (secondary N) is 1. The molecule has 1 aromatic heterocycles. The number of ether oxygens (including phenoxy) is 1. The van der Waals surface area contributed by atoms with Crippen LogP contribution >= 0.6 is 0 Å². The van der Waals surface area contributed by atoms with Crippen molar-refractivity contribution >= 4 is 17.4 Å². The van der Waals surface area contributed by atoms with E-state index in [9.17, 15) is 4.79 Å². The maximum Gasteiger partial charge on any atom is 0.259 e. The SMILES string of the molecule is COc1ccc(N)c(C(=O)Nc2ncccc2C)c1. The Labute approximate surface area is 111 Å². The van der Waals surface area contributed by atoms with Crippen molar-refractivity contribution in [3.63, 3.8) is 0 Å². The summed E-state index contributed by atoms with van der Waals surface area (Å²) >= 11 is 0. The van der Waals surface area contributed by atoms with E-state index in [4.69, 9.17) is 10.5 Å². The molecule has 1 heterocycles. The maximum absolute atomic E-state index is 12.2. The number of anilines is 2. The molecular weight excluding hydrogens is 242 g/mol. The molecule has 19 heavy (non-hydrogen) atoms. The van der Waals surface area contributed by atoms with Crippen LogP contribution < -0.4 is 15.8 Å². The minimum absolute atomic E-state index is 0.307. The zero-order valence-electron chi connectivity index (χ0n) is 10.8. The van der Waals surface area contributed by atoms with Gasteiger partial charge in [-0.3, -0.25) is 4.79 Å². The minimum atomic E-state index is -0.307. The molecule has 5 heteroatoms.